The maximum Gasteiger partial charge on any atom is 0.294 e. The molecule has 0 aliphatic rings. The van der Waals surface area contributed by atoms with Gasteiger partial charge in [0, 0.05) is 10.7 Å². The fourth-order valence-corrected chi connectivity index (χ4v) is 18.0. The fourth-order valence-electron chi connectivity index (χ4n) is 6.93. The van der Waals surface area contributed by atoms with Crippen LogP contribution in [-0.4, -0.2) is 97.8 Å². The average Bonchev–Trinajstić information content (AvgIpc) is 3.35. The van der Waals surface area contributed by atoms with Gasteiger partial charge in [-0.3, -0.25) is 13.7 Å². The van der Waals surface area contributed by atoms with Gasteiger partial charge in [-0.1, -0.05) is 17.7 Å². The van der Waals surface area contributed by atoms with Crippen molar-refractivity contribution in [2.45, 2.75) is 85.3 Å². The Morgan fingerprint density at radius 1 is 0.234 bits per heavy atom. The van der Waals surface area contributed by atoms with Crippen LogP contribution in [-0.2, 0) is 98.4 Å². The quantitative estimate of drug-likeness (QED) is 0.0874. The summed E-state index contributed by atoms with van der Waals surface area (Å²) in [6, 6.07) is 15.4. The van der Waals surface area contributed by atoms with Crippen molar-refractivity contribution in [2.24, 2.45) is 0 Å². The van der Waals surface area contributed by atoms with E-state index in [1.54, 1.807) is 6.92 Å². The number of hydrogen-bond donors (Lipinski definition) is 3. The Morgan fingerprint density at radius 2 is 0.377 bits per heavy atom. The van der Waals surface area contributed by atoms with Crippen molar-refractivity contribution in [1.29, 1.82) is 0 Å². The summed E-state index contributed by atoms with van der Waals surface area (Å²) < 4.78 is 297. The lowest BCUT2D eigenvalue weighted by Crippen LogP contribution is -2.13. The zero-order valence-corrected chi connectivity index (χ0v) is 46.8. The molecule has 0 aromatic heterocycles. The monoisotopic (exact) mass is 1270 g/mol. The number of sulfone groups is 6. The third-order valence-electron chi connectivity index (χ3n) is 11.0. The molecule has 0 fully saturated rings. The van der Waals surface area contributed by atoms with Crippen molar-refractivity contribution in [3.63, 3.8) is 0 Å². The molecule has 0 bridgehead atoms. The molecule has 7 aromatic carbocycles. The molecular weight excluding hydrogens is 1240 g/mol. The van der Waals surface area contributed by atoms with Crippen LogP contribution in [0.3, 0.4) is 0 Å². The van der Waals surface area contributed by atoms with Crippen LogP contribution >= 0.6 is 10.7 Å². The normalized spacial score (nSPS) is 13.5. The fraction of sp³-hybridized carbons (Fsp3) is 0.0233. The van der Waals surface area contributed by atoms with Crippen LogP contribution in [0, 0.1) is 6.92 Å². The van der Waals surface area contributed by atoms with E-state index < -0.39 is 177 Å². The number of rotatable bonds is 16. The van der Waals surface area contributed by atoms with Gasteiger partial charge in [0.05, 0.1) is 78.3 Å². The van der Waals surface area contributed by atoms with Crippen molar-refractivity contribution in [2.75, 3.05) is 0 Å². The predicted octanol–water partition coefficient (Wildman–Crippen LogP) is 4.66. The molecule has 0 radical (unpaired) electrons. The molecule has 0 unspecified atom stereocenters. The van der Waals surface area contributed by atoms with Crippen LogP contribution in [0.1, 0.15) is 5.56 Å². The van der Waals surface area contributed by atoms with Crippen molar-refractivity contribution < 1.29 is 97.8 Å². The van der Waals surface area contributed by atoms with Crippen LogP contribution < -0.4 is 0 Å². The SMILES string of the molecule is Cc1ccc(S(=O)(=O)c2cc(S(=O)(=O)c3ccc(S(=O)(=O)O)cc3)cc(S(=O)(=O)c3cc(S(=O)(=O)Cl)cc(S(=O)(=O)c4cc(S(=O)(=O)c5ccc(S(=O)(=O)O)cc5)cc(S(=O)(=O)c5ccc(S(=O)(=O)O)cc5)c4)c3)c2)cc1. The first kappa shape index (κ1) is 58.9. The van der Waals surface area contributed by atoms with Crippen LogP contribution in [0.5, 0.6) is 0 Å². The van der Waals surface area contributed by atoms with Crippen molar-refractivity contribution in [3.05, 3.63) is 157 Å². The van der Waals surface area contributed by atoms with E-state index in [1.807, 2.05) is 0 Å². The Morgan fingerprint density at radius 3 is 0.545 bits per heavy atom. The van der Waals surface area contributed by atoms with Gasteiger partial charge in [0.15, 0.2) is 0 Å². The van der Waals surface area contributed by atoms with E-state index in [2.05, 4.69) is 0 Å². The minimum Gasteiger partial charge on any atom is -0.282 e. The first-order chi connectivity index (χ1) is 35.1. The summed E-state index contributed by atoms with van der Waals surface area (Å²) in [5, 5.41) is 0. The Balaban J connectivity index is 1.49. The van der Waals surface area contributed by atoms with Gasteiger partial charge in [0.25, 0.3) is 39.4 Å². The van der Waals surface area contributed by atoms with Crippen LogP contribution in [0.15, 0.2) is 230 Å². The molecule has 23 nitrogen and oxygen atoms in total. The van der Waals surface area contributed by atoms with E-state index in [1.165, 1.54) is 12.1 Å². The Hall–Kier alpha value is -5.79. The average molecular weight is 1270 g/mol. The first-order valence-corrected chi connectivity index (χ1v) is 35.8. The van der Waals surface area contributed by atoms with Crippen molar-refractivity contribution >= 4 is 109 Å². The molecule has 0 atom stereocenters. The molecule has 7 aromatic rings. The van der Waals surface area contributed by atoms with Gasteiger partial charge in [0.1, 0.15) is 0 Å². The molecule has 3 N–H and O–H groups in total. The smallest absolute Gasteiger partial charge is 0.282 e. The van der Waals surface area contributed by atoms with Gasteiger partial charge >= 0.3 is 0 Å². The van der Waals surface area contributed by atoms with E-state index in [-0.39, 0.29) is 18.2 Å². The molecule has 0 aliphatic carbocycles. The summed E-state index contributed by atoms with van der Waals surface area (Å²) in [5.41, 5.74) is 0.545. The second-order valence-corrected chi connectivity index (χ2v) is 34.6. The molecule has 77 heavy (non-hydrogen) atoms. The third kappa shape index (κ3) is 11.8. The van der Waals surface area contributed by atoms with Crippen LogP contribution in [0.2, 0.25) is 0 Å². The largest absolute Gasteiger partial charge is 0.294 e. The Kier molecular flexibility index (Phi) is 15.2. The van der Waals surface area contributed by atoms with Crippen LogP contribution in [0.25, 0.3) is 0 Å². The standard InChI is InChI=1S/C43H31ClO23S10/c1-27-2-4-28(5-3-27)68(45,46)35-18-36(69(47,48)29-6-12-32(13-7-29)75(59,60)61)21-39(20-35)72(53,54)41-24-42(26-43(25-41)74(44,57)58)73(55,56)40-22-37(70(49,50)30-8-14-33(15-9-30)76(62,63)64)19-38(23-40)71(51,52)31-10-16-34(17-11-31)77(65,66)67/h2-26H,1H3,(H,59,60,61)(H,62,63,64)(H,65,66,67). The second kappa shape index (κ2) is 19.8. The summed E-state index contributed by atoms with van der Waals surface area (Å²) in [4.78, 5) is -16.9. The number of halogens is 1. The lowest BCUT2D eigenvalue weighted by Gasteiger charge is -2.15. The number of hydrogen-bond acceptors (Lipinski definition) is 20. The number of aryl methyl sites for hydroxylation is 1. The van der Waals surface area contributed by atoms with E-state index in [9.17, 15) is 97.8 Å². The van der Waals surface area contributed by atoms with Gasteiger partial charge in [0.2, 0.25) is 59.0 Å². The molecule has 0 saturated heterocycles. The molecule has 0 spiro atoms. The maximum atomic E-state index is 14.8. The highest BCUT2D eigenvalue weighted by Crippen LogP contribution is 2.38. The molecule has 34 heteroatoms. The zero-order chi connectivity index (χ0) is 57.5. The van der Waals surface area contributed by atoms with E-state index in [4.69, 9.17) is 10.7 Å². The molecule has 0 aliphatic heterocycles. The zero-order valence-electron chi connectivity index (χ0n) is 37.9. The Bertz CT molecular complexity index is 4700. The molecule has 0 saturated carbocycles. The van der Waals surface area contributed by atoms with Gasteiger partial charge < -0.3 is 0 Å². The van der Waals surface area contributed by atoms with E-state index >= 15 is 0 Å². The summed E-state index contributed by atoms with van der Waals surface area (Å²) in [6.45, 7) is 1.58. The van der Waals surface area contributed by atoms with Gasteiger partial charge in [-0.15, -0.1) is 0 Å². The molecular formula is C43H31ClO23S10. The lowest BCUT2D eigenvalue weighted by molar-refractivity contribution is 0.481. The van der Waals surface area contributed by atoms with E-state index in [0.717, 1.165) is 12.1 Å². The molecule has 0 heterocycles. The van der Waals surface area contributed by atoms with E-state index in [0.29, 0.717) is 115 Å². The molecule has 0 amide bonds. The van der Waals surface area contributed by atoms with Gasteiger partial charge in [-0.25, -0.2) is 58.9 Å². The lowest BCUT2D eigenvalue weighted by atomic mass is 10.2. The molecule has 7 rings (SSSR count). The maximum absolute atomic E-state index is 14.8. The summed E-state index contributed by atoms with van der Waals surface area (Å²) in [7, 11) is -46.2. The molecule has 408 valence electrons. The van der Waals surface area contributed by atoms with Crippen LogP contribution in [0.4, 0.5) is 0 Å². The highest BCUT2D eigenvalue weighted by Gasteiger charge is 2.34. The highest BCUT2D eigenvalue weighted by atomic mass is 35.7. The van der Waals surface area contributed by atoms with Crippen molar-refractivity contribution in [1.82, 2.24) is 0 Å². The predicted molar refractivity (Wildman–Crippen MR) is 265 cm³/mol. The van der Waals surface area contributed by atoms with Gasteiger partial charge in [-0.05, 0) is 146 Å². The van der Waals surface area contributed by atoms with Crippen molar-refractivity contribution in [3.8, 4) is 0 Å². The minimum atomic E-state index is -5.71. The highest BCUT2D eigenvalue weighted by molar-refractivity contribution is 8.13. The summed E-state index contributed by atoms with van der Waals surface area (Å²) in [5.74, 6) is 0. The first-order valence-electron chi connectivity index (χ1n) is 20.3. The number of benzene rings is 7. The summed E-state index contributed by atoms with van der Waals surface area (Å²) >= 11 is 0. The minimum absolute atomic E-state index is 0.233. The topological polar surface area (TPSA) is 402 Å². The Labute approximate surface area is 445 Å². The second-order valence-electron chi connectivity index (χ2n) is 16.0. The van der Waals surface area contributed by atoms with Gasteiger partial charge in [-0.2, -0.15) is 25.3 Å². The summed E-state index contributed by atoms with van der Waals surface area (Å²) in [6.07, 6.45) is 0. The third-order valence-corrected chi connectivity index (χ3v) is 25.3.